The molecule has 2 aromatic heterocycles. The summed E-state index contributed by atoms with van der Waals surface area (Å²) < 4.78 is 25.6. The third-order valence-electron chi connectivity index (χ3n) is 1.61. The molecule has 0 unspecified atom stereocenters. The molecular weight excluding hydrogens is 254 g/mol. The molecular formula is C7H6ClN5O2S. The molecule has 2 aromatic rings. The van der Waals surface area contributed by atoms with Gasteiger partial charge in [-0.1, -0.05) is 11.6 Å². The molecule has 0 spiro atoms. The number of sulfonamides is 1. The summed E-state index contributed by atoms with van der Waals surface area (Å²) in [6.45, 7) is 0. The average Bonchev–Trinajstić information content (AvgIpc) is 2.69. The van der Waals surface area contributed by atoms with Crippen molar-refractivity contribution in [2.45, 2.75) is 5.03 Å². The second-order valence-electron chi connectivity index (χ2n) is 2.75. The summed E-state index contributed by atoms with van der Waals surface area (Å²) in [5.74, 6) is 0.0436. The van der Waals surface area contributed by atoms with Gasteiger partial charge in [0.25, 0.3) is 10.0 Å². The number of aromatic amines is 1. The van der Waals surface area contributed by atoms with Crippen LogP contribution < -0.4 is 4.72 Å². The Bertz CT molecular complexity index is 583. The molecule has 0 saturated carbocycles. The van der Waals surface area contributed by atoms with Gasteiger partial charge in [-0.25, -0.2) is 9.97 Å². The van der Waals surface area contributed by atoms with Crippen LogP contribution in [-0.4, -0.2) is 28.4 Å². The van der Waals surface area contributed by atoms with E-state index in [1.54, 1.807) is 0 Å². The zero-order valence-corrected chi connectivity index (χ0v) is 9.33. The van der Waals surface area contributed by atoms with Gasteiger partial charge in [-0.05, 0) is 0 Å². The molecule has 0 radical (unpaired) electrons. The first-order chi connectivity index (χ1) is 7.58. The molecule has 0 fully saturated rings. The highest BCUT2D eigenvalue weighted by Gasteiger charge is 2.16. The summed E-state index contributed by atoms with van der Waals surface area (Å²) in [5.41, 5.74) is 0. The fraction of sp³-hybridized carbons (Fsp3) is 0. The van der Waals surface area contributed by atoms with E-state index >= 15 is 0 Å². The lowest BCUT2D eigenvalue weighted by Gasteiger charge is -2.04. The van der Waals surface area contributed by atoms with Gasteiger partial charge in [-0.3, -0.25) is 9.71 Å². The van der Waals surface area contributed by atoms with Crippen molar-refractivity contribution in [3.05, 3.63) is 30.1 Å². The molecule has 0 bridgehead atoms. The summed E-state index contributed by atoms with van der Waals surface area (Å²) in [4.78, 5) is 13.5. The third-order valence-corrected chi connectivity index (χ3v) is 3.07. The summed E-state index contributed by atoms with van der Waals surface area (Å²) in [7, 11) is -3.72. The molecule has 0 atom stereocenters. The fourth-order valence-corrected chi connectivity index (χ4v) is 2.01. The van der Waals surface area contributed by atoms with Crippen molar-refractivity contribution in [1.29, 1.82) is 0 Å². The number of nitrogens with one attached hydrogen (secondary N) is 2. The molecule has 0 aliphatic heterocycles. The molecule has 9 heteroatoms. The van der Waals surface area contributed by atoms with Crippen molar-refractivity contribution < 1.29 is 8.42 Å². The van der Waals surface area contributed by atoms with Crippen LogP contribution in [0.2, 0.25) is 5.15 Å². The Morgan fingerprint density at radius 2 is 2.06 bits per heavy atom. The predicted molar refractivity (Wildman–Crippen MR) is 56.4 cm³/mol. The van der Waals surface area contributed by atoms with Crippen molar-refractivity contribution >= 4 is 27.4 Å². The van der Waals surface area contributed by atoms with Crippen molar-refractivity contribution in [2.24, 2.45) is 0 Å². The Hall–Kier alpha value is -1.67. The zero-order valence-electron chi connectivity index (χ0n) is 7.75. The second-order valence-corrected chi connectivity index (χ2v) is 4.79. The van der Waals surface area contributed by atoms with Crippen LogP contribution >= 0.6 is 11.6 Å². The van der Waals surface area contributed by atoms with Crippen LogP contribution in [0.4, 0.5) is 5.82 Å². The minimum atomic E-state index is -3.72. The lowest BCUT2D eigenvalue weighted by atomic mass is 10.7. The quantitative estimate of drug-likeness (QED) is 0.843. The van der Waals surface area contributed by atoms with E-state index in [2.05, 4.69) is 24.7 Å². The van der Waals surface area contributed by atoms with Crippen LogP contribution in [0, 0.1) is 0 Å². The molecule has 16 heavy (non-hydrogen) atoms. The number of halogens is 1. The molecule has 0 amide bonds. The number of imidazole rings is 1. The van der Waals surface area contributed by atoms with Gasteiger partial charge in [0.15, 0.2) is 10.8 Å². The monoisotopic (exact) mass is 259 g/mol. The standard InChI is InChI=1S/C7H6ClN5O2S/c8-5-1-9-2-6(12-5)13-16(14,15)7-3-10-4-11-7/h1-4H,(H,10,11)(H,12,13). The van der Waals surface area contributed by atoms with Gasteiger partial charge >= 0.3 is 0 Å². The predicted octanol–water partition coefficient (Wildman–Crippen LogP) is 0.654. The van der Waals surface area contributed by atoms with Crippen molar-refractivity contribution in [3.8, 4) is 0 Å². The van der Waals surface area contributed by atoms with Gasteiger partial charge in [0, 0.05) is 0 Å². The van der Waals surface area contributed by atoms with Crippen molar-refractivity contribution in [3.63, 3.8) is 0 Å². The number of rotatable bonds is 3. The van der Waals surface area contributed by atoms with E-state index < -0.39 is 10.0 Å². The van der Waals surface area contributed by atoms with Crippen LogP contribution in [0.15, 0.2) is 29.9 Å². The molecule has 0 aromatic carbocycles. The van der Waals surface area contributed by atoms with Crippen molar-refractivity contribution in [2.75, 3.05) is 4.72 Å². The highest BCUT2D eigenvalue weighted by molar-refractivity contribution is 7.92. The number of hydrogen-bond donors (Lipinski definition) is 2. The maximum atomic E-state index is 11.7. The van der Waals surface area contributed by atoms with Gasteiger partial charge in [-0.2, -0.15) is 8.42 Å². The Balaban J connectivity index is 2.29. The number of aromatic nitrogens is 4. The Morgan fingerprint density at radius 1 is 1.25 bits per heavy atom. The molecule has 2 heterocycles. The van der Waals surface area contributed by atoms with E-state index in [1.807, 2.05) is 0 Å². The van der Waals surface area contributed by atoms with Crippen LogP contribution in [0.1, 0.15) is 0 Å². The normalized spacial score (nSPS) is 11.3. The highest BCUT2D eigenvalue weighted by Crippen LogP contribution is 2.12. The molecule has 2 rings (SSSR count). The number of H-pyrrole nitrogens is 1. The summed E-state index contributed by atoms with van der Waals surface area (Å²) in [6, 6.07) is 0. The first kappa shape index (κ1) is 10.8. The topological polar surface area (TPSA) is 101 Å². The van der Waals surface area contributed by atoms with Crippen LogP contribution in [0.5, 0.6) is 0 Å². The maximum Gasteiger partial charge on any atom is 0.280 e. The lowest BCUT2D eigenvalue weighted by molar-refractivity contribution is 0.598. The van der Waals surface area contributed by atoms with E-state index in [0.717, 1.165) is 0 Å². The van der Waals surface area contributed by atoms with Crippen LogP contribution in [-0.2, 0) is 10.0 Å². The first-order valence-corrected chi connectivity index (χ1v) is 5.93. The summed E-state index contributed by atoms with van der Waals surface area (Å²) in [5, 5.41) is 0.0408. The Labute approximate surface area is 96.0 Å². The maximum absolute atomic E-state index is 11.7. The van der Waals surface area contributed by atoms with Crippen molar-refractivity contribution in [1.82, 2.24) is 19.9 Å². The van der Waals surface area contributed by atoms with Gasteiger partial charge in [0.2, 0.25) is 0 Å². The Kier molecular flexibility index (Phi) is 2.75. The molecule has 2 N–H and O–H groups in total. The SMILES string of the molecule is O=S(=O)(Nc1cncc(Cl)n1)c1cnc[nH]1. The molecule has 0 aliphatic rings. The van der Waals surface area contributed by atoms with Gasteiger partial charge in [0.05, 0.1) is 24.9 Å². The average molecular weight is 260 g/mol. The van der Waals surface area contributed by atoms with E-state index in [4.69, 9.17) is 11.6 Å². The van der Waals surface area contributed by atoms with Crippen LogP contribution in [0.3, 0.4) is 0 Å². The second kappa shape index (κ2) is 4.06. The minimum absolute atomic E-state index is 0.0436. The van der Waals surface area contributed by atoms with E-state index in [1.165, 1.54) is 24.9 Å². The largest absolute Gasteiger partial charge is 0.334 e. The first-order valence-electron chi connectivity index (χ1n) is 4.07. The number of anilines is 1. The number of hydrogen-bond acceptors (Lipinski definition) is 5. The minimum Gasteiger partial charge on any atom is -0.334 e. The summed E-state index contributed by atoms with van der Waals surface area (Å²) >= 11 is 5.57. The smallest absolute Gasteiger partial charge is 0.280 e. The highest BCUT2D eigenvalue weighted by atomic mass is 35.5. The van der Waals surface area contributed by atoms with Gasteiger partial charge in [-0.15, -0.1) is 0 Å². The molecule has 0 saturated heterocycles. The molecule has 0 aliphatic carbocycles. The third kappa shape index (κ3) is 2.28. The van der Waals surface area contributed by atoms with E-state index in [0.29, 0.717) is 0 Å². The summed E-state index contributed by atoms with van der Waals surface area (Å²) in [6.07, 6.45) is 4.99. The molecule has 7 nitrogen and oxygen atoms in total. The molecule has 84 valence electrons. The number of nitrogens with zero attached hydrogens (tertiary/aromatic N) is 3. The lowest BCUT2D eigenvalue weighted by Crippen LogP contribution is -2.14. The Morgan fingerprint density at radius 3 is 2.69 bits per heavy atom. The van der Waals surface area contributed by atoms with E-state index in [9.17, 15) is 8.42 Å². The fourth-order valence-electron chi connectivity index (χ4n) is 0.974. The van der Waals surface area contributed by atoms with Gasteiger partial charge < -0.3 is 4.98 Å². The van der Waals surface area contributed by atoms with Gasteiger partial charge in [0.1, 0.15) is 5.15 Å². The zero-order chi connectivity index (χ0) is 11.6. The van der Waals surface area contributed by atoms with Crippen LogP contribution in [0.25, 0.3) is 0 Å². The van der Waals surface area contributed by atoms with E-state index in [-0.39, 0.29) is 16.0 Å².